The van der Waals surface area contributed by atoms with Gasteiger partial charge in [0.25, 0.3) is 10.0 Å². The van der Waals surface area contributed by atoms with Gasteiger partial charge in [0.2, 0.25) is 0 Å². The van der Waals surface area contributed by atoms with Gasteiger partial charge in [0.15, 0.2) is 5.78 Å². The maximum Gasteiger partial charge on any atom is 0.265 e. The largest absolute Gasteiger partial charge is 0.295 e. The van der Waals surface area contributed by atoms with Crippen LogP contribution in [0.5, 0.6) is 0 Å². The summed E-state index contributed by atoms with van der Waals surface area (Å²) in [5, 5.41) is -0.119. The summed E-state index contributed by atoms with van der Waals surface area (Å²) in [4.78, 5) is 14.8. The second kappa shape index (κ2) is 6.13. The molecule has 0 saturated heterocycles. The number of nitrogens with zero attached hydrogens (tertiary/aromatic N) is 1. The summed E-state index contributed by atoms with van der Waals surface area (Å²) in [6.45, 7) is 1.44. The minimum absolute atomic E-state index is 0.0939. The molecule has 0 aliphatic rings. The van der Waals surface area contributed by atoms with Crippen LogP contribution in [0, 0.1) is 0 Å². The number of nitrogens with one attached hydrogen (secondary N) is 1. The van der Waals surface area contributed by atoms with Crippen LogP contribution in [0.3, 0.4) is 0 Å². The van der Waals surface area contributed by atoms with Crippen molar-refractivity contribution in [3.8, 4) is 0 Å². The van der Waals surface area contributed by atoms with E-state index in [-0.39, 0.29) is 15.8 Å². The van der Waals surface area contributed by atoms with E-state index in [1.807, 2.05) is 0 Å². The van der Waals surface area contributed by atoms with Gasteiger partial charge < -0.3 is 0 Å². The number of aromatic nitrogens is 1. The molecule has 0 fully saturated rings. The summed E-state index contributed by atoms with van der Waals surface area (Å²) in [5.41, 5.74) is 0.830. The summed E-state index contributed by atoms with van der Waals surface area (Å²) in [5.74, 6) is -0.0939. The second-order valence-corrected chi connectivity index (χ2v) is 7.11. The number of anilines is 1. The lowest BCUT2D eigenvalue weighted by atomic mass is 10.1. The molecule has 8 heteroatoms. The summed E-state index contributed by atoms with van der Waals surface area (Å²) < 4.78 is 27.4. The number of ketones is 1. The average molecular weight is 390 g/mol. The highest BCUT2D eigenvalue weighted by Gasteiger charge is 2.19. The van der Waals surface area contributed by atoms with Gasteiger partial charge in [-0.2, -0.15) is 0 Å². The lowest BCUT2D eigenvalue weighted by Gasteiger charge is -2.09. The van der Waals surface area contributed by atoms with E-state index in [2.05, 4.69) is 25.6 Å². The first kappa shape index (κ1) is 15.9. The third-order valence-electron chi connectivity index (χ3n) is 2.61. The van der Waals surface area contributed by atoms with E-state index in [0.717, 1.165) is 0 Å². The summed E-state index contributed by atoms with van der Waals surface area (Å²) in [7, 11) is -3.86. The van der Waals surface area contributed by atoms with Gasteiger partial charge in [-0.1, -0.05) is 11.6 Å². The number of sulfonamides is 1. The SMILES string of the molecule is CC(=O)c1ccc(NS(=O)(=O)c2cc(Br)cnc2Cl)cc1. The van der Waals surface area contributed by atoms with Gasteiger partial charge in [-0.15, -0.1) is 0 Å². The van der Waals surface area contributed by atoms with Crippen molar-refractivity contribution < 1.29 is 13.2 Å². The van der Waals surface area contributed by atoms with Crippen LogP contribution in [-0.4, -0.2) is 19.2 Å². The minimum atomic E-state index is -3.86. The van der Waals surface area contributed by atoms with Gasteiger partial charge in [0.1, 0.15) is 10.0 Å². The number of pyridine rings is 1. The Morgan fingerprint density at radius 2 is 1.90 bits per heavy atom. The first-order valence-corrected chi connectivity index (χ1v) is 8.40. The third kappa shape index (κ3) is 3.81. The molecule has 0 bridgehead atoms. The number of hydrogen-bond donors (Lipinski definition) is 1. The molecule has 110 valence electrons. The fourth-order valence-electron chi connectivity index (χ4n) is 1.58. The maximum atomic E-state index is 12.3. The molecular formula is C13H10BrClN2O3S. The Hall–Kier alpha value is -1.44. The van der Waals surface area contributed by atoms with E-state index in [4.69, 9.17) is 11.6 Å². The van der Waals surface area contributed by atoms with Crippen LogP contribution >= 0.6 is 27.5 Å². The van der Waals surface area contributed by atoms with E-state index < -0.39 is 10.0 Å². The highest BCUT2D eigenvalue weighted by Crippen LogP contribution is 2.25. The first-order valence-electron chi connectivity index (χ1n) is 5.74. The number of rotatable bonds is 4. The molecule has 0 unspecified atom stereocenters. The summed E-state index contributed by atoms with van der Waals surface area (Å²) in [6, 6.07) is 7.46. The lowest BCUT2D eigenvalue weighted by molar-refractivity contribution is 0.101. The number of hydrogen-bond acceptors (Lipinski definition) is 4. The van der Waals surface area contributed by atoms with Crippen LogP contribution in [0.2, 0.25) is 5.15 Å². The van der Waals surface area contributed by atoms with E-state index in [1.165, 1.54) is 31.3 Å². The number of halogens is 2. The molecule has 0 aliphatic carbocycles. The van der Waals surface area contributed by atoms with Crippen molar-refractivity contribution in [2.24, 2.45) is 0 Å². The van der Waals surface area contributed by atoms with Gasteiger partial charge in [0.05, 0.1) is 0 Å². The first-order chi connectivity index (χ1) is 9.79. The molecule has 0 aliphatic heterocycles. The molecule has 2 rings (SSSR count). The van der Waals surface area contributed by atoms with Gasteiger partial charge in [-0.25, -0.2) is 13.4 Å². The maximum absolute atomic E-state index is 12.3. The van der Waals surface area contributed by atoms with Crippen LogP contribution in [-0.2, 0) is 10.0 Å². The van der Waals surface area contributed by atoms with Crippen molar-refractivity contribution in [1.29, 1.82) is 0 Å². The quantitative estimate of drug-likeness (QED) is 0.641. The number of benzene rings is 1. The zero-order chi connectivity index (χ0) is 15.6. The third-order valence-corrected chi connectivity index (χ3v) is 4.85. The van der Waals surface area contributed by atoms with Crippen LogP contribution in [0.4, 0.5) is 5.69 Å². The molecule has 0 amide bonds. The molecule has 5 nitrogen and oxygen atoms in total. The standard InChI is InChI=1S/C13H10BrClN2O3S/c1-8(18)9-2-4-11(5-3-9)17-21(19,20)12-6-10(14)7-16-13(12)15/h2-7,17H,1H3. The van der Waals surface area contributed by atoms with E-state index in [1.54, 1.807) is 12.1 Å². The van der Waals surface area contributed by atoms with Crippen molar-refractivity contribution in [2.75, 3.05) is 4.72 Å². The zero-order valence-corrected chi connectivity index (χ0v) is 14.0. The van der Waals surface area contributed by atoms with E-state index in [0.29, 0.717) is 15.7 Å². The van der Waals surface area contributed by atoms with Crippen LogP contribution in [0.15, 0.2) is 45.9 Å². The lowest BCUT2D eigenvalue weighted by Crippen LogP contribution is -2.14. The van der Waals surface area contributed by atoms with Crippen LogP contribution in [0.25, 0.3) is 0 Å². The number of Topliss-reactive ketones (excluding diaryl/α,β-unsaturated/α-hetero) is 1. The van der Waals surface area contributed by atoms with Gasteiger partial charge in [0, 0.05) is 21.9 Å². The predicted molar refractivity (Wildman–Crippen MR) is 84.2 cm³/mol. The normalized spacial score (nSPS) is 11.2. The summed E-state index contributed by atoms with van der Waals surface area (Å²) in [6.07, 6.45) is 1.41. The fourth-order valence-corrected chi connectivity index (χ4v) is 3.58. The van der Waals surface area contributed by atoms with Crippen molar-refractivity contribution in [3.05, 3.63) is 51.7 Å². The van der Waals surface area contributed by atoms with Crippen LogP contribution < -0.4 is 4.72 Å². The molecule has 0 spiro atoms. The van der Waals surface area contributed by atoms with E-state index in [9.17, 15) is 13.2 Å². The van der Waals surface area contributed by atoms with Crippen molar-refractivity contribution in [2.45, 2.75) is 11.8 Å². The van der Waals surface area contributed by atoms with Gasteiger partial charge in [-0.05, 0) is 53.2 Å². The second-order valence-electron chi connectivity index (χ2n) is 4.18. The Morgan fingerprint density at radius 3 is 2.48 bits per heavy atom. The highest BCUT2D eigenvalue weighted by atomic mass is 79.9. The molecule has 21 heavy (non-hydrogen) atoms. The Morgan fingerprint density at radius 1 is 1.29 bits per heavy atom. The Balaban J connectivity index is 2.33. The van der Waals surface area contributed by atoms with E-state index >= 15 is 0 Å². The molecule has 1 N–H and O–H groups in total. The van der Waals surface area contributed by atoms with Crippen molar-refractivity contribution >= 4 is 49.0 Å². The Kier molecular flexibility index (Phi) is 4.65. The Bertz CT molecular complexity index is 792. The minimum Gasteiger partial charge on any atom is -0.295 e. The molecular weight excluding hydrogens is 380 g/mol. The molecule has 1 aromatic heterocycles. The fraction of sp³-hybridized carbons (Fsp3) is 0.0769. The molecule has 0 radical (unpaired) electrons. The van der Waals surface area contributed by atoms with Crippen molar-refractivity contribution in [3.63, 3.8) is 0 Å². The predicted octanol–water partition coefficient (Wildman–Crippen LogP) is 3.50. The Labute approximate surface area is 135 Å². The van der Waals surface area contributed by atoms with Gasteiger partial charge >= 0.3 is 0 Å². The van der Waals surface area contributed by atoms with Gasteiger partial charge in [-0.3, -0.25) is 9.52 Å². The zero-order valence-electron chi connectivity index (χ0n) is 10.8. The highest BCUT2D eigenvalue weighted by molar-refractivity contribution is 9.10. The smallest absolute Gasteiger partial charge is 0.265 e. The van der Waals surface area contributed by atoms with Crippen LogP contribution in [0.1, 0.15) is 17.3 Å². The molecule has 0 atom stereocenters. The molecule has 2 aromatic rings. The summed E-state index contributed by atoms with van der Waals surface area (Å²) >= 11 is 8.97. The molecule has 1 heterocycles. The average Bonchev–Trinajstić information content (AvgIpc) is 2.41. The number of carbonyl (C=O) groups excluding carboxylic acids is 1. The monoisotopic (exact) mass is 388 g/mol. The molecule has 0 saturated carbocycles. The van der Waals surface area contributed by atoms with Crippen molar-refractivity contribution in [1.82, 2.24) is 4.98 Å². The number of carbonyl (C=O) groups is 1. The molecule has 1 aromatic carbocycles. The topological polar surface area (TPSA) is 76.1 Å².